The Labute approximate surface area is 85.0 Å². The first kappa shape index (κ1) is 9.11. The van der Waals surface area contributed by atoms with Gasteiger partial charge in [-0.3, -0.25) is 0 Å². The van der Waals surface area contributed by atoms with Gasteiger partial charge < -0.3 is 5.11 Å². The molecule has 72 valence electrons. The minimum atomic E-state index is -0.124. The molecule has 0 saturated carbocycles. The number of rotatable bonds is 2. The highest BCUT2D eigenvalue weighted by Gasteiger charge is 2.01. The molecule has 0 bridgehead atoms. The zero-order valence-electron chi connectivity index (χ0n) is 7.13. The highest BCUT2D eigenvalue weighted by atomic mass is 35.5. The van der Waals surface area contributed by atoms with Gasteiger partial charge in [0.05, 0.1) is 24.7 Å². The van der Waals surface area contributed by atoms with Gasteiger partial charge >= 0.3 is 0 Å². The van der Waals surface area contributed by atoms with E-state index < -0.39 is 0 Å². The van der Waals surface area contributed by atoms with E-state index in [1.165, 1.54) is 4.68 Å². The summed E-state index contributed by atoms with van der Waals surface area (Å²) in [6, 6.07) is 3.43. The lowest BCUT2D eigenvalue weighted by molar-refractivity contribution is 0.276. The van der Waals surface area contributed by atoms with Crippen LogP contribution in [-0.4, -0.2) is 25.1 Å². The monoisotopic (exact) mass is 210 g/mol. The second kappa shape index (κ2) is 3.73. The topological polar surface area (TPSA) is 63.8 Å². The minimum Gasteiger partial charge on any atom is -0.390 e. The van der Waals surface area contributed by atoms with Gasteiger partial charge in [-0.2, -0.15) is 0 Å². The Morgan fingerprint density at radius 2 is 2.29 bits per heavy atom. The highest BCUT2D eigenvalue weighted by Crippen LogP contribution is 2.09. The third-order valence-electron chi connectivity index (χ3n) is 1.68. The van der Waals surface area contributed by atoms with Crippen molar-refractivity contribution in [2.75, 3.05) is 0 Å². The standard InChI is InChI=1S/C8H7ClN4O/c9-8-2-1-7(3-10-8)13-4-6(5-14)11-12-13/h1-4,14H,5H2. The third-order valence-corrected chi connectivity index (χ3v) is 1.90. The van der Waals surface area contributed by atoms with Crippen LogP contribution in [0.15, 0.2) is 24.5 Å². The molecule has 2 aromatic heterocycles. The minimum absolute atomic E-state index is 0.124. The van der Waals surface area contributed by atoms with Crippen molar-refractivity contribution in [3.8, 4) is 5.69 Å². The maximum absolute atomic E-state index is 8.79. The van der Waals surface area contributed by atoms with Crippen LogP contribution in [0.3, 0.4) is 0 Å². The van der Waals surface area contributed by atoms with Crippen LogP contribution in [0, 0.1) is 0 Å². The van der Waals surface area contributed by atoms with Crippen molar-refractivity contribution >= 4 is 11.6 Å². The van der Waals surface area contributed by atoms with Crippen LogP contribution in [0.1, 0.15) is 5.69 Å². The zero-order valence-corrected chi connectivity index (χ0v) is 7.89. The fourth-order valence-corrected chi connectivity index (χ4v) is 1.11. The van der Waals surface area contributed by atoms with Crippen molar-refractivity contribution in [1.29, 1.82) is 0 Å². The molecular formula is C8H7ClN4O. The van der Waals surface area contributed by atoms with E-state index in [0.29, 0.717) is 10.8 Å². The van der Waals surface area contributed by atoms with E-state index in [0.717, 1.165) is 5.69 Å². The number of halogens is 1. The van der Waals surface area contributed by atoms with Crippen molar-refractivity contribution in [2.24, 2.45) is 0 Å². The molecule has 0 saturated heterocycles. The van der Waals surface area contributed by atoms with E-state index in [9.17, 15) is 0 Å². The fraction of sp³-hybridized carbons (Fsp3) is 0.125. The summed E-state index contributed by atoms with van der Waals surface area (Å²) in [5.74, 6) is 0. The fourth-order valence-electron chi connectivity index (χ4n) is 1.00. The summed E-state index contributed by atoms with van der Waals surface area (Å²) < 4.78 is 1.52. The Morgan fingerprint density at radius 1 is 1.43 bits per heavy atom. The van der Waals surface area contributed by atoms with Crippen LogP contribution in [0.5, 0.6) is 0 Å². The van der Waals surface area contributed by atoms with Crippen LogP contribution >= 0.6 is 11.6 Å². The van der Waals surface area contributed by atoms with Gasteiger partial charge in [-0.25, -0.2) is 9.67 Å². The Bertz CT molecular complexity index is 425. The largest absolute Gasteiger partial charge is 0.390 e. The van der Waals surface area contributed by atoms with Crippen molar-refractivity contribution < 1.29 is 5.11 Å². The SMILES string of the molecule is OCc1cn(-c2ccc(Cl)nc2)nn1. The van der Waals surface area contributed by atoms with E-state index in [1.807, 2.05) is 0 Å². The molecule has 0 atom stereocenters. The Kier molecular flexibility index (Phi) is 2.43. The van der Waals surface area contributed by atoms with Crippen molar-refractivity contribution in [3.63, 3.8) is 0 Å². The molecule has 0 aliphatic rings. The molecule has 0 aliphatic carbocycles. The third kappa shape index (κ3) is 1.73. The van der Waals surface area contributed by atoms with Crippen LogP contribution in [-0.2, 0) is 6.61 Å². The van der Waals surface area contributed by atoms with E-state index in [1.54, 1.807) is 24.5 Å². The summed E-state index contributed by atoms with van der Waals surface area (Å²) in [5, 5.41) is 16.8. The van der Waals surface area contributed by atoms with Gasteiger partial charge in [0.25, 0.3) is 0 Å². The van der Waals surface area contributed by atoms with E-state index in [-0.39, 0.29) is 6.61 Å². The molecule has 14 heavy (non-hydrogen) atoms. The van der Waals surface area contributed by atoms with Gasteiger partial charge in [0.1, 0.15) is 10.8 Å². The number of hydrogen-bond donors (Lipinski definition) is 1. The van der Waals surface area contributed by atoms with Crippen LogP contribution < -0.4 is 0 Å². The zero-order chi connectivity index (χ0) is 9.97. The lowest BCUT2D eigenvalue weighted by Crippen LogP contribution is -1.95. The number of aliphatic hydroxyl groups excluding tert-OH is 1. The number of aromatic nitrogens is 4. The molecule has 0 aliphatic heterocycles. The Balaban J connectivity index is 2.34. The van der Waals surface area contributed by atoms with Crippen molar-refractivity contribution in [1.82, 2.24) is 20.0 Å². The van der Waals surface area contributed by atoms with E-state index in [2.05, 4.69) is 15.3 Å². The molecule has 2 aromatic rings. The van der Waals surface area contributed by atoms with Gasteiger partial charge in [0, 0.05) is 0 Å². The van der Waals surface area contributed by atoms with Gasteiger partial charge in [-0.15, -0.1) is 5.10 Å². The van der Waals surface area contributed by atoms with Gasteiger partial charge in [-0.05, 0) is 12.1 Å². The Hall–Kier alpha value is -1.46. The molecule has 6 heteroatoms. The quantitative estimate of drug-likeness (QED) is 0.745. The second-order valence-corrected chi connectivity index (χ2v) is 3.04. The molecule has 0 fully saturated rings. The lowest BCUT2D eigenvalue weighted by atomic mass is 10.4. The van der Waals surface area contributed by atoms with Crippen molar-refractivity contribution in [3.05, 3.63) is 35.4 Å². The maximum Gasteiger partial charge on any atom is 0.129 e. The molecule has 0 amide bonds. The molecule has 0 spiro atoms. The van der Waals surface area contributed by atoms with E-state index in [4.69, 9.17) is 16.7 Å². The second-order valence-electron chi connectivity index (χ2n) is 2.65. The predicted molar refractivity (Wildman–Crippen MR) is 50.1 cm³/mol. The number of nitrogens with zero attached hydrogens (tertiary/aromatic N) is 4. The first-order valence-electron chi connectivity index (χ1n) is 3.93. The number of aliphatic hydroxyl groups is 1. The summed E-state index contributed by atoms with van der Waals surface area (Å²) in [4.78, 5) is 3.90. The van der Waals surface area contributed by atoms with Gasteiger partial charge in [0.2, 0.25) is 0 Å². The van der Waals surface area contributed by atoms with Crippen molar-refractivity contribution in [2.45, 2.75) is 6.61 Å². The summed E-state index contributed by atoms with van der Waals surface area (Å²) >= 11 is 5.64. The molecule has 2 rings (SSSR count). The highest BCUT2D eigenvalue weighted by molar-refractivity contribution is 6.29. The maximum atomic E-state index is 8.79. The van der Waals surface area contributed by atoms with Gasteiger partial charge in [-0.1, -0.05) is 16.8 Å². The average molecular weight is 211 g/mol. The average Bonchev–Trinajstić information content (AvgIpc) is 2.67. The molecule has 5 nitrogen and oxygen atoms in total. The van der Waals surface area contributed by atoms with Gasteiger partial charge in [0.15, 0.2) is 0 Å². The van der Waals surface area contributed by atoms with Crippen LogP contribution in [0.25, 0.3) is 5.69 Å². The molecule has 0 aromatic carbocycles. The first-order chi connectivity index (χ1) is 6.79. The normalized spacial score (nSPS) is 10.4. The summed E-state index contributed by atoms with van der Waals surface area (Å²) in [5.41, 5.74) is 1.27. The lowest BCUT2D eigenvalue weighted by Gasteiger charge is -1.97. The van der Waals surface area contributed by atoms with Crippen LogP contribution in [0.2, 0.25) is 5.15 Å². The molecule has 0 unspecified atom stereocenters. The Morgan fingerprint density at radius 3 is 2.86 bits per heavy atom. The molecule has 1 N–H and O–H groups in total. The smallest absolute Gasteiger partial charge is 0.129 e. The number of pyridine rings is 1. The van der Waals surface area contributed by atoms with Crippen LogP contribution in [0.4, 0.5) is 0 Å². The summed E-state index contributed by atoms with van der Waals surface area (Å²) in [6.07, 6.45) is 3.21. The molecule has 0 radical (unpaired) electrons. The molecular weight excluding hydrogens is 204 g/mol. The first-order valence-corrected chi connectivity index (χ1v) is 4.31. The van der Waals surface area contributed by atoms with E-state index >= 15 is 0 Å². The summed E-state index contributed by atoms with van der Waals surface area (Å²) in [7, 11) is 0. The predicted octanol–water partition coefficient (Wildman–Crippen LogP) is 0.808. The molecule has 2 heterocycles. The summed E-state index contributed by atoms with van der Waals surface area (Å²) in [6.45, 7) is -0.124. The number of hydrogen-bond acceptors (Lipinski definition) is 4.